The number of hydrogen-bond acceptors (Lipinski definition) is 3. The lowest BCUT2D eigenvalue weighted by Crippen LogP contribution is -2.16. The van der Waals surface area contributed by atoms with E-state index in [9.17, 15) is 0 Å². The van der Waals surface area contributed by atoms with Crippen LogP contribution in [-0.4, -0.2) is 4.98 Å². The molecule has 0 aliphatic heterocycles. The van der Waals surface area contributed by atoms with Gasteiger partial charge in [0.05, 0.1) is 10.5 Å². The number of fused-ring (bicyclic) bond motifs is 1. The van der Waals surface area contributed by atoms with E-state index in [0.29, 0.717) is 6.04 Å². The van der Waals surface area contributed by atoms with Crippen molar-refractivity contribution in [3.05, 3.63) is 44.7 Å². The van der Waals surface area contributed by atoms with E-state index in [-0.39, 0.29) is 0 Å². The fourth-order valence-electron chi connectivity index (χ4n) is 2.29. The van der Waals surface area contributed by atoms with E-state index >= 15 is 0 Å². The Morgan fingerprint density at radius 2 is 2.35 bits per heavy atom. The van der Waals surface area contributed by atoms with E-state index in [1.165, 1.54) is 29.7 Å². The first-order valence-corrected chi connectivity index (χ1v) is 7.45. The third kappa shape index (κ3) is 2.24. The van der Waals surface area contributed by atoms with Gasteiger partial charge in [-0.3, -0.25) is 0 Å². The molecule has 2 heterocycles. The van der Waals surface area contributed by atoms with Crippen LogP contribution in [0.5, 0.6) is 0 Å². The molecule has 2 aromatic rings. The molecule has 88 valence electrons. The quantitative estimate of drug-likeness (QED) is 0.889. The summed E-state index contributed by atoms with van der Waals surface area (Å²) in [6.45, 7) is 0. The first-order chi connectivity index (χ1) is 8.34. The molecule has 0 amide bonds. The predicted molar refractivity (Wildman–Crippen MR) is 75.6 cm³/mol. The molecular formula is C13H13BrN2S. The number of nitrogens with zero attached hydrogens (tertiary/aromatic N) is 1. The van der Waals surface area contributed by atoms with Crippen LogP contribution >= 0.6 is 27.3 Å². The van der Waals surface area contributed by atoms with Crippen molar-refractivity contribution in [1.29, 1.82) is 0 Å². The van der Waals surface area contributed by atoms with Crippen molar-refractivity contribution >= 4 is 33.1 Å². The highest BCUT2D eigenvalue weighted by Gasteiger charge is 2.21. The minimum absolute atomic E-state index is 0.413. The molecule has 0 fully saturated rings. The number of aromatic nitrogens is 1. The second kappa shape index (κ2) is 4.78. The van der Waals surface area contributed by atoms with Crippen molar-refractivity contribution in [2.45, 2.75) is 25.3 Å². The Bertz CT molecular complexity index is 524. The van der Waals surface area contributed by atoms with E-state index in [2.05, 4.69) is 37.7 Å². The van der Waals surface area contributed by atoms with Gasteiger partial charge in [0, 0.05) is 11.1 Å². The highest BCUT2D eigenvalue weighted by Crippen LogP contribution is 2.36. The molecule has 1 N–H and O–H groups in total. The van der Waals surface area contributed by atoms with Crippen LogP contribution in [0.4, 0.5) is 5.82 Å². The molecule has 0 saturated carbocycles. The largest absolute Gasteiger partial charge is 0.362 e. The fourth-order valence-corrected chi connectivity index (χ4v) is 3.65. The molecule has 0 saturated heterocycles. The summed E-state index contributed by atoms with van der Waals surface area (Å²) in [6.07, 6.45) is 5.50. The van der Waals surface area contributed by atoms with Gasteiger partial charge in [0.15, 0.2) is 0 Å². The summed E-state index contributed by atoms with van der Waals surface area (Å²) in [4.78, 5) is 5.90. The lowest BCUT2D eigenvalue weighted by molar-refractivity contribution is 0.606. The summed E-state index contributed by atoms with van der Waals surface area (Å²) in [5.74, 6) is 0.941. The zero-order valence-corrected chi connectivity index (χ0v) is 11.7. The van der Waals surface area contributed by atoms with E-state index in [1.807, 2.05) is 29.7 Å². The van der Waals surface area contributed by atoms with Gasteiger partial charge in [-0.25, -0.2) is 4.98 Å². The van der Waals surface area contributed by atoms with Gasteiger partial charge in [0.2, 0.25) is 0 Å². The van der Waals surface area contributed by atoms with E-state index in [1.54, 1.807) is 0 Å². The Morgan fingerprint density at radius 1 is 1.41 bits per heavy atom. The standard InChI is InChI=1S/C13H13BrN2S/c14-10-3-2-7-15-13(10)16-11-4-1-5-12-9(11)6-8-17-12/h2-3,6-8,11H,1,4-5H2,(H,15,16). The van der Waals surface area contributed by atoms with Crippen LogP contribution in [0.2, 0.25) is 0 Å². The Morgan fingerprint density at radius 3 is 3.24 bits per heavy atom. The monoisotopic (exact) mass is 308 g/mol. The van der Waals surface area contributed by atoms with Crippen LogP contribution in [0, 0.1) is 0 Å². The number of aryl methyl sites for hydroxylation is 1. The van der Waals surface area contributed by atoms with Gasteiger partial charge in [0.25, 0.3) is 0 Å². The summed E-state index contributed by atoms with van der Waals surface area (Å²) in [7, 11) is 0. The van der Waals surface area contributed by atoms with Crippen LogP contribution in [0.15, 0.2) is 34.2 Å². The molecule has 4 heteroatoms. The number of thiophene rings is 1. The molecular weight excluding hydrogens is 296 g/mol. The smallest absolute Gasteiger partial charge is 0.140 e. The molecule has 2 aromatic heterocycles. The number of halogens is 1. The molecule has 0 radical (unpaired) electrons. The molecule has 0 spiro atoms. The van der Waals surface area contributed by atoms with Gasteiger partial charge in [-0.15, -0.1) is 11.3 Å². The number of pyridine rings is 1. The molecule has 1 unspecified atom stereocenters. The normalized spacial score (nSPS) is 18.8. The molecule has 0 aromatic carbocycles. The molecule has 1 aliphatic carbocycles. The predicted octanol–water partition coefficient (Wildman–Crippen LogP) is 4.40. The molecule has 2 nitrogen and oxygen atoms in total. The number of nitrogens with one attached hydrogen (secondary N) is 1. The van der Waals surface area contributed by atoms with Crippen molar-refractivity contribution in [3.8, 4) is 0 Å². The van der Waals surface area contributed by atoms with E-state index < -0.39 is 0 Å². The minimum Gasteiger partial charge on any atom is -0.362 e. The average molecular weight is 309 g/mol. The van der Waals surface area contributed by atoms with Crippen molar-refractivity contribution in [3.63, 3.8) is 0 Å². The Balaban J connectivity index is 1.86. The molecule has 1 aliphatic rings. The van der Waals surface area contributed by atoms with Gasteiger partial charge < -0.3 is 5.32 Å². The number of anilines is 1. The molecule has 17 heavy (non-hydrogen) atoms. The van der Waals surface area contributed by atoms with Crippen LogP contribution in [0.25, 0.3) is 0 Å². The van der Waals surface area contributed by atoms with Crippen LogP contribution in [-0.2, 0) is 6.42 Å². The SMILES string of the molecule is Brc1cccnc1NC1CCCc2sccc21. The summed E-state index contributed by atoms with van der Waals surface area (Å²) in [5, 5.41) is 5.73. The molecule has 0 bridgehead atoms. The second-order valence-electron chi connectivity index (χ2n) is 4.22. The maximum atomic E-state index is 4.38. The molecule has 1 atom stereocenters. The minimum atomic E-state index is 0.413. The highest BCUT2D eigenvalue weighted by atomic mass is 79.9. The molecule has 3 rings (SSSR count). The van der Waals surface area contributed by atoms with Crippen molar-refractivity contribution in [2.24, 2.45) is 0 Å². The van der Waals surface area contributed by atoms with E-state index in [0.717, 1.165) is 10.3 Å². The average Bonchev–Trinajstić information content (AvgIpc) is 2.81. The third-order valence-electron chi connectivity index (χ3n) is 3.12. The third-order valence-corrected chi connectivity index (χ3v) is 4.76. The van der Waals surface area contributed by atoms with Crippen molar-refractivity contribution in [1.82, 2.24) is 4.98 Å². The van der Waals surface area contributed by atoms with Crippen LogP contribution < -0.4 is 5.32 Å². The number of rotatable bonds is 2. The van der Waals surface area contributed by atoms with Gasteiger partial charge in [-0.1, -0.05) is 0 Å². The zero-order chi connectivity index (χ0) is 11.7. The summed E-state index contributed by atoms with van der Waals surface area (Å²) >= 11 is 5.40. The van der Waals surface area contributed by atoms with Crippen LogP contribution in [0.3, 0.4) is 0 Å². The van der Waals surface area contributed by atoms with Gasteiger partial charge in [-0.2, -0.15) is 0 Å². The lowest BCUT2D eigenvalue weighted by atomic mass is 9.94. The van der Waals surface area contributed by atoms with Gasteiger partial charge >= 0.3 is 0 Å². The van der Waals surface area contributed by atoms with Crippen molar-refractivity contribution < 1.29 is 0 Å². The van der Waals surface area contributed by atoms with Crippen LogP contribution in [0.1, 0.15) is 29.3 Å². The van der Waals surface area contributed by atoms with E-state index in [4.69, 9.17) is 0 Å². The fraction of sp³-hybridized carbons (Fsp3) is 0.308. The van der Waals surface area contributed by atoms with Crippen molar-refractivity contribution in [2.75, 3.05) is 5.32 Å². The summed E-state index contributed by atoms with van der Waals surface area (Å²) in [5.41, 5.74) is 1.46. The zero-order valence-electron chi connectivity index (χ0n) is 9.32. The lowest BCUT2D eigenvalue weighted by Gasteiger charge is -2.24. The summed E-state index contributed by atoms with van der Waals surface area (Å²) in [6, 6.07) is 6.61. The van der Waals surface area contributed by atoms with Gasteiger partial charge in [-0.05, 0) is 64.3 Å². The first-order valence-electron chi connectivity index (χ1n) is 5.78. The summed E-state index contributed by atoms with van der Waals surface area (Å²) < 4.78 is 1.03. The van der Waals surface area contributed by atoms with Gasteiger partial charge in [0.1, 0.15) is 5.82 Å². The highest BCUT2D eigenvalue weighted by molar-refractivity contribution is 9.10. The first kappa shape index (κ1) is 11.2. The Kier molecular flexibility index (Phi) is 3.16. The maximum absolute atomic E-state index is 4.38. The second-order valence-corrected chi connectivity index (χ2v) is 6.08. The maximum Gasteiger partial charge on any atom is 0.140 e. The number of hydrogen-bond donors (Lipinski definition) is 1. The Hall–Kier alpha value is -0.870. The Labute approximate surface area is 113 Å². The topological polar surface area (TPSA) is 24.9 Å².